The normalized spacial score (nSPS) is 15.7. The fourth-order valence-electron chi connectivity index (χ4n) is 2.76. The summed E-state index contributed by atoms with van der Waals surface area (Å²) >= 11 is 1.64. The van der Waals surface area contributed by atoms with Crippen molar-refractivity contribution in [3.63, 3.8) is 0 Å². The molecule has 1 saturated heterocycles. The molecular formula is C17H26N2O3S. The third-order valence-electron chi connectivity index (χ3n) is 4.48. The first-order chi connectivity index (χ1) is 11.0. The predicted octanol–water partition coefficient (Wildman–Crippen LogP) is 2.24. The monoisotopic (exact) mass is 338 g/mol. The molecule has 1 aliphatic rings. The van der Waals surface area contributed by atoms with Crippen LogP contribution in [0.5, 0.6) is 11.5 Å². The molecule has 0 radical (unpaired) electrons. The summed E-state index contributed by atoms with van der Waals surface area (Å²) < 4.78 is 10.7. The fourth-order valence-corrected chi connectivity index (χ4v) is 3.37. The van der Waals surface area contributed by atoms with Crippen molar-refractivity contribution in [3.05, 3.63) is 17.7 Å². The van der Waals surface area contributed by atoms with Gasteiger partial charge in [-0.15, -0.1) is 11.8 Å². The van der Waals surface area contributed by atoms with Crippen LogP contribution in [0, 0.1) is 11.8 Å². The summed E-state index contributed by atoms with van der Waals surface area (Å²) in [6, 6.07) is 3.93. The second-order valence-electron chi connectivity index (χ2n) is 5.92. The van der Waals surface area contributed by atoms with Gasteiger partial charge in [-0.3, -0.25) is 4.79 Å². The Hall–Kier alpha value is -1.40. The molecule has 128 valence electrons. The number of amides is 1. The van der Waals surface area contributed by atoms with Gasteiger partial charge in [-0.25, -0.2) is 0 Å². The van der Waals surface area contributed by atoms with Crippen molar-refractivity contribution in [2.45, 2.75) is 18.4 Å². The number of carbonyl (C=O) groups is 1. The van der Waals surface area contributed by atoms with Gasteiger partial charge in [0.25, 0.3) is 0 Å². The SMILES string of the molecule is COc1cc(CN(C)C(=O)C(C)C2CNC2)c(SC)cc1OC. The molecule has 0 spiro atoms. The van der Waals surface area contributed by atoms with Crippen LogP contribution in [0.4, 0.5) is 0 Å². The molecule has 1 amide bonds. The molecule has 2 rings (SSSR count). The van der Waals surface area contributed by atoms with Crippen LogP contribution in [0.15, 0.2) is 17.0 Å². The van der Waals surface area contributed by atoms with E-state index in [2.05, 4.69) is 5.32 Å². The number of hydrogen-bond donors (Lipinski definition) is 1. The number of methoxy groups -OCH3 is 2. The molecule has 23 heavy (non-hydrogen) atoms. The lowest BCUT2D eigenvalue weighted by Crippen LogP contribution is -2.49. The van der Waals surface area contributed by atoms with Gasteiger partial charge in [-0.05, 0) is 43.0 Å². The summed E-state index contributed by atoms with van der Waals surface area (Å²) in [5.41, 5.74) is 1.07. The topological polar surface area (TPSA) is 50.8 Å². The van der Waals surface area contributed by atoms with E-state index in [0.717, 1.165) is 23.5 Å². The van der Waals surface area contributed by atoms with Gasteiger partial charge in [0, 0.05) is 24.4 Å². The van der Waals surface area contributed by atoms with Crippen molar-refractivity contribution in [3.8, 4) is 11.5 Å². The zero-order valence-electron chi connectivity index (χ0n) is 14.5. The lowest BCUT2D eigenvalue weighted by atomic mass is 9.88. The molecule has 1 N–H and O–H groups in total. The fraction of sp³-hybridized carbons (Fsp3) is 0.588. The molecule has 0 aliphatic carbocycles. The molecule has 1 aromatic carbocycles. The molecule has 6 heteroatoms. The molecule has 0 aromatic heterocycles. The predicted molar refractivity (Wildman–Crippen MR) is 93.3 cm³/mol. The zero-order valence-corrected chi connectivity index (χ0v) is 15.3. The smallest absolute Gasteiger partial charge is 0.225 e. The molecule has 1 aromatic rings. The Kier molecular flexibility index (Phi) is 6.18. The van der Waals surface area contributed by atoms with Crippen molar-refractivity contribution >= 4 is 17.7 Å². The molecule has 1 fully saturated rings. The van der Waals surface area contributed by atoms with Gasteiger partial charge in [-0.2, -0.15) is 0 Å². The summed E-state index contributed by atoms with van der Waals surface area (Å²) in [6.07, 6.45) is 2.02. The van der Waals surface area contributed by atoms with E-state index >= 15 is 0 Å². The van der Waals surface area contributed by atoms with E-state index in [-0.39, 0.29) is 11.8 Å². The first kappa shape index (κ1) is 17.9. The molecule has 1 atom stereocenters. The number of rotatable bonds is 7. The molecule has 1 unspecified atom stereocenters. The van der Waals surface area contributed by atoms with Crippen molar-refractivity contribution in [1.82, 2.24) is 10.2 Å². The standard InChI is InChI=1S/C17H26N2O3S/c1-11(13-8-18-9-13)17(20)19(2)10-12-6-14(21-3)15(22-4)7-16(12)23-5/h6-7,11,13,18H,8-10H2,1-5H3. The average molecular weight is 338 g/mol. The van der Waals surface area contributed by atoms with E-state index in [1.807, 2.05) is 37.3 Å². The van der Waals surface area contributed by atoms with E-state index in [9.17, 15) is 4.79 Å². The van der Waals surface area contributed by atoms with Crippen LogP contribution in [0.25, 0.3) is 0 Å². The maximum atomic E-state index is 12.6. The third kappa shape index (κ3) is 3.93. The van der Waals surface area contributed by atoms with Gasteiger partial charge in [0.15, 0.2) is 11.5 Å². The van der Waals surface area contributed by atoms with E-state index in [4.69, 9.17) is 9.47 Å². The van der Waals surface area contributed by atoms with Crippen LogP contribution in [0.1, 0.15) is 12.5 Å². The zero-order chi connectivity index (χ0) is 17.0. The third-order valence-corrected chi connectivity index (χ3v) is 5.30. The van der Waals surface area contributed by atoms with Gasteiger partial charge in [0.1, 0.15) is 0 Å². The quantitative estimate of drug-likeness (QED) is 0.773. The van der Waals surface area contributed by atoms with Gasteiger partial charge in [0.2, 0.25) is 5.91 Å². The minimum Gasteiger partial charge on any atom is -0.493 e. The van der Waals surface area contributed by atoms with Crippen LogP contribution in [-0.4, -0.2) is 51.4 Å². The highest BCUT2D eigenvalue weighted by molar-refractivity contribution is 7.98. The van der Waals surface area contributed by atoms with Crippen LogP contribution in [-0.2, 0) is 11.3 Å². The van der Waals surface area contributed by atoms with Crippen molar-refractivity contribution in [2.24, 2.45) is 11.8 Å². The lowest BCUT2D eigenvalue weighted by molar-refractivity contribution is -0.136. The number of benzene rings is 1. The second kappa shape index (κ2) is 7.93. The van der Waals surface area contributed by atoms with E-state index in [1.165, 1.54) is 0 Å². The second-order valence-corrected chi connectivity index (χ2v) is 6.77. The molecule has 0 saturated carbocycles. The highest BCUT2D eigenvalue weighted by atomic mass is 32.2. The Morgan fingerprint density at radius 2 is 1.96 bits per heavy atom. The van der Waals surface area contributed by atoms with Gasteiger partial charge in [0.05, 0.1) is 14.2 Å². The van der Waals surface area contributed by atoms with Crippen molar-refractivity contribution < 1.29 is 14.3 Å². The first-order valence-electron chi connectivity index (χ1n) is 7.76. The Balaban J connectivity index is 2.15. The highest BCUT2D eigenvalue weighted by Gasteiger charge is 2.30. The summed E-state index contributed by atoms with van der Waals surface area (Å²) in [5.74, 6) is 2.11. The van der Waals surface area contributed by atoms with E-state index < -0.39 is 0 Å². The van der Waals surface area contributed by atoms with Crippen LogP contribution >= 0.6 is 11.8 Å². The number of thioether (sulfide) groups is 1. The Bertz CT molecular complexity index is 561. The van der Waals surface area contributed by atoms with Gasteiger partial charge in [-0.1, -0.05) is 6.92 Å². The summed E-state index contributed by atoms with van der Waals surface area (Å²) in [4.78, 5) is 15.5. The lowest BCUT2D eigenvalue weighted by Gasteiger charge is -2.34. The highest BCUT2D eigenvalue weighted by Crippen LogP contribution is 2.35. The number of nitrogens with one attached hydrogen (secondary N) is 1. The minimum absolute atomic E-state index is 0.0547. The van der Waals surface area contributed by atoms with Crippen LogP contribution < -0.4 is 14.8 Å². The van der Waals surface area contributed by atoms with Crippen molar-refractivity contribution in [2.75, 3.05) is 40.6 Å². The van der Waals surface area contributed by atoms with Crippen LogP contribution in [0.2, 0.25) is 0 Å². The molecule has 0 bridgehead atoms. The van der Waals surface area contributed by atoms with E-state index in [0.29, 0.717) is 24.0 Å². The number of carbonyl (C=O) groups excluding carboxylic acids is 1. The van der Waals surface area contributed by atoms with Crippen molar-refractivity contribution in [1.29, 1.82) is 0 Å². The summed E-state index contributed by atoms with van der Waals surface area (Å²) in [5, 5.41) is 3.23. The average Bonchev–Trinajstić information content (AvgIpc) is 2.51. The summed E-state index contributed by atoms with van der Waals surface area (Å²) in [6.45, 7) is 4.47. The Labute approximate surface area is 142 Å². The van der Waals surface area contributed by atoms with Crippen LogP contribution in [0.3, 0.4) is 0 Å². The largest absolute Gasteiger partial charge is 0.493 e. The first-order valence-corrected chi connectivity index (χ1v) is 8.98. The molecule has 1 heterocycles. The number of ether oxygens (including phenoxy) is 2. The molecular weight excluding hydrogens is 312 g/mol. The van der Waals surface area contributed by atoms with E-state index in [1.54, 1.807) is 26.0 Å². The minimum atomic E-state index is 0.0547. The Morgan fingerprint density at radius 3 is 2.43 bits per heavy atom. The molecule has 5 nitrogen and oxygen atoms in total. The maximum Gasteiger partial charge on any atom is 0.225 e. The summed E-state index contributed by atoms with van der Waals surface area (Å²) in [7, 11) is 5.12. The van der Waals surface area contributed by atoms with Gasteiger partial charge >= 0.3 is 0 Å². The number of hydrogen-bond acceptors (Lipinski definition) is 5. The molecule has 1 aliphatic heterocycles. The number of nitrogens with zero attached hydrogens (tertiary/aromatic N) is 1. The Morgan fingerprint density at radius 1 is 1.35 bits per heavy atom. The maximum absolute atomic E-state index is 12.6. The van der Waals surface area contributed by atoms with Gasteiger partial charge < -0.3 is 19.7 Å².